The average molecular weight is 534 g/mol. The Hall–Kier alpha value is -1.94. The number of rotatable bonds is 5. The standard InChI is InChI=1S/C19H18ClNO4S.C3H7ClO2S/c1-12(2)26(24,25)17-16-10-14(20)8-9-15(16)18(22)21(19(17)23)11-13-6-4-3-5-7-13;1-3(2)7(4,5)6/h3-10,12,17H,11H2,1-2H3;3H,1-2H3. The summed E-state index contributed by atoms with van der Waals surface area (Å²) >= 11 is 6.00. The predicted octanol–water partition coefficient (Wildman–Crippen LogP) is 4.35. The molecule has 11 heteroatoms. The van der Waals surface area contributed by atoms with E-state index >= 15 is 0 Å². The number of hydrogen-bond donors (Lipinski definition) is 0. The van der Waals surface area contributed by atoms with Gasteiger partial charge in [-0.25, -0.2) is 16.8 Å². The van der Waals surface area contributed by atoms with Crippen molar-refractivity contribution in [3.05, 3.63) is 70.2 Å². The van der Waals surface area contributed by atoms with Gasteiger partial charge in [0.2, 0.25) is 9.05 Å². The summed E-state index contributed by atoms with van der Waals surface area (Å²) in [5.74, 6) is -1.25. The lowest BCUT2D eigenvalue weighted by molar-refractivity contribution is -0.129. The van der Waals surface area contributed by atoms with E-state index in [4.69, 9.17) is 22.3 Å². The zero-order valence-electron chi connectivity index (χ0n) is 18.5. The average Bonchev–Trinajstić information content (AvgIpc) is 2.71. The molecule has 2 aromatic rings. The van der Waals surface area contributed by atoms with Gasteiger partial charge in [-0.15, -0.1) is 0 Å². The molecule has 0 saturated carbocycles. The number of nitrogens with zero attached hydrogens (tertiary/aromatic N) is 1. The molecular formula is C22H25Cl2NO6S2. The molecule has 33 heavy (non-hydrogen) atoms. The number of imide groups is 1. The SMILES string of the molecule is CC(C)S(=O)(=O)C1C(=O)N(Cc2ccccc2)C(=O)c2ccc(Cl)cc21.CC(C)S(=O)(=O)Cl. The Morgan fingerprint density at radius 3 is 1.94 bits per heavy atom. The molecule has 0 aromatic heterocycles. The molecule has 3 rings (SSSR count). The van der Waals surface area contributed by atoms with Gasteiger partial charge in [0.1, 0.15) is 0 Å². The first-order valence-corrected chi connectivity index (χ1v) is 14.4. The highest BCUT2D eigenvalue weighted by atomic mass is 35.7. The van der Waals surface area contributed by atoms with Gasteiger partial charge in [0.05, 0.1) is 17.0 Å². The van der Waals surface area contributed by atoms with Crippen molar-refractivity contribution in [3.63, 3.8) is 0 Å². The molecular weight excluding hydrogens is 509 g/mol. The molecule has 0 N–H and O–H groups in total. The molecule has 0 aliphatic carbocycles. The smallest absolute Gasteiger partial charge is 0.261 e. The van der Waals surface area contributed by atoms with E-state index in [-0.39, 0.29) is 22.7 Å². The van der Waals surface area contributed by atoms with E-state index < -0.39 is 46.5 Å². The van der Waals surface area contributed by atoms with Crippen LogP contribution in [0.4, 0.5) is 0 Å². The first-order chi connectivity index (χ1) is 15.2. The Kier molecular flexibility index (Phi) is 8.73. The summed E-state index contributed by atoms with van der Waals surface area (Å²) in [4.78, 5) is 26.9. The van der Waals surface area contributed by atoms with Gasteiger partial charge in [-0.2, -0.15) is 0 Å². The number of carbonyl (C=O) groups is 2. The van der Waals surface area contributed by atoms with Crippen LogP contribution in [0.2, 0.25) is 5.02 Å². The maximum atomic E-state index is 13.0. The molecule has 0 saturated heterocycles. The fraction of sp³-hybridized carbons (Fsp3) is 0.364. The minimum atomic E-state index is -3.83. The zero-order valence-corrected chi connectivity index (χ0v) is 21.7. The number of halogens is 2. The molecule has 0 spiro atoms. The van der Waals surface area contributed by atoms with Gasteiger partial charge in [0.25, 0.3) is 11.8 Å². The van der Waals surface area contributed by atoms with E-state index in [1.54, 1.807) is 24.3 Å². The summed E-state index contributed by atoms with van der Waals surface area (Å²) in [6.45, 7) is 6.12. The van der Waals surface area contributed by atoms with Gasteiger partial charge >= 0.3 is 0 Å². The van der Waals surface area contributed by atoms with Crippen molar-refractivity contribution in [2.75, 3.05) is 0 Å². The van der Waals surface area contributed by atoms with Crippen molar-refractivity contribution >= 4 is 53.0 Å². The summed E-state index contributed by atoms with van der Waals surface area (Å²) < 4.78 is 45.9. The summed E-state index contributed by atoms with van der Waals surface area (Å²) in [7, 11) is -2.26. The molecule has 0 fully saturated rings. The largest absolute Gasteiger partial charge is 0.273 e. The lowest BCUT2D eigenvalue weighted by atomic mass is 9.97. The van der Waals surface area contributed by atoms with Crippen molar-refractivity contribution in [2.45, 2.75) is 50.0 Å². The highest BCUT2D eigenvalue weighted by molar-refractivity contribution is 8.14. The summed E-state index contributed by atoms with van der Waals surface area (Å²) in [6.07, 6.45) is 0. The first-order valence-electron chi connectivity index (χ1n) is 10.0. The van der Waals surface area contributed by atoms with Gasteiger partial charge < -0.3 is 0 Å². The lowest BCUT2D eigenvalue weighted by Gasteiger charge is -2.33. The van der Waals surface area contributed by atoms with E-state index in [1.807, 2.05) is 6.07 Å². The maximum Gasteiger partial charge on any atom is 0.261 e. The molecule has 1 aliphatic rings. The van der Waals surface area contributed by atoms with E-state index in [1.165, 1.54) is 45.9 Å². The summed E-state index contributed by atoms with van der Waals surface area (Å²) in [6, 6.07) is 13.4. The highest BCUT2D eigenvalue weighted by Gasteiger charge is 2.46. The first kappa shape index (κ1) is 27.3. The van der Waals surface area contributed by atoms with E-state index in [0.29, 0.717) is 0 Å². The minimum Gasteiger partial charge on any atom is -0.273 e. The second-order valence-electron chi connectivity index (χ2n) is 7.99. The Balaban J connectivity index is 0.000000479. The second kappa shape index (κ2) is 10.5. The highest BCUT2D eigenvalue weighted by Crippen LogP contribution is 2.37. The third kappa shape index (κ3) is 6.35. The third-order valence-electron chi connectivity index (χ3n) is 4.99. The number of fused-ring (bicyclic) bond motifs is 1. The second-order valence-corrected chi connectivity index (χ2v) is 14.2. The predicted molar refractivity (Wildman–Crippen MR) is 129 cm³/mol. The monoisotopic (exact) mass is 533 g/mol. The molecule has 7 nitrogen and oxygen atoms in total. The molecule has 1 aliphatic heterocycles. The van der Waals surface area contributed by atoms with Crippen LogP contribution >= 0.6 is 22.3 Å². The molecule has 2 amide bonds. The normalized spacial score (nSPS) is 16.5. The molecule has 1 unspecified atom stereocenters. The van der Waals surface area contributed by atoms with Crippen LogP contribution in [0.1, 0.15) is 54.4 Å². The van der Waals surface area contributed by atoms with Crippen LogP contribution < -0.4 is 0 Å². The maximum absolute atomic E-state index is 13.0. The van der Waals surface area contributed by atoms with Gasteiger partial charge in [-0.05, 0) is 57.0 Å². The lowest BCUT2D eigenvalue weighted by Crippen LogP contribution is -2.47. The summed E-state index contributed by atoms with van der Waals surface area (Å²) in [5, 5.41) is -2.38. The Morgan fingerprint density at radius 1 is 0.909 bits per heavy atom. The topological polar surface area (TPSA) is 106 Å². The van der Waals surface area contributed by atoms with Crippen molar-refractivity contribution in [2.24, 2.45) is 0 Å². The van der Waals surface area contributed by atoms with Crippen LogP contribution in [0.3, 0.4) is 0 Å². The van der Waals surface area contributed by atoms with Crippen LogP contribution in [0.25, 0.3) is 0 Å². The van der Waals surface area contributed by atoms with Crippen LogP contribution in [0.15, 0.2) is 48.5 Å². The zero-order chi connectivity index (χ0) is 25.1. The molecule has 2 aromatic carbocycles. The van der Waals surface area contributed by atoms with Crippen LogP contribution in [-0.4, -0.2) is 44.0 Å². The fourth-order valence-corrected chi connectivity index (χ4v) is 4.65. The molecule has 1 atom stereocenters. The quantitative estimate of drug-likeness (QED) is 0.417. The molecule has 180 valence electrons. The number of carbonyl (C=O) groups excluding carboxylic acids is 2. The van der Waals surface area contributed by atoms with Gasteiger partial charge in [-0.1, -0.05) is 41.9 Å². The third-order valence-corrected chi connectivity index (χ3v) is 9.85. The fourth-order valence-electron chi connectivity index (χ4n) is 2.97. The Bertz CT molecular complexity index is 1240. The van der Waals surface area contributed by atoms with Crippen molar-refractivity contribution in [1.29, 1.82) is 0 Å². The van der Waals surface area contributed by atoms with E-state index in [9.17, 15) is 26.4 Å². The Labute approximate surface area is 204 Å². The van der Waals surface area contributed by atoms with Crippen LogP contribution in [-0.2, 0) is 30.2 Å². The van der Waals surface area contributed by atoms with E-state index in [2.05, 4.69) is 0 Å². The number of hydrogen-bond acceptors (Lipinski definition) is 6. The van der Waals surface area contributed by atoms with Crippen LogP contribution in [0.5, 0.6) is 0 Å². The summed E-state index contributed by atoms with van der Waals surface area (Å²) in [5.41, 5.74) is 1.09. The minimum absolute atomic E-state index is 0.0185. The van der Waals surface area contributed by atoms with Crippen molar-refractivity contribution in [3.8, 4) is 0 Å². The number of benzene rings is 2. The molecule has 1 heterocycles. The van der Waals surface area contributed by atoms with Gasteiger partial charge in [0.15, 0.2) is 15.1 Å². The molecule has 0 bridgehead atoms. The van der Waals surface area contributed by atoms with Crippen LogP contribution in [0, 0.1) is 0 Å². The Morgan fingerprint density at radius 2 is 1.45 bits per heavy atom. The number of amides is 2. The number of sulfone groups is 1. The molecule has 0 radical (unpaired) electrons. The van der Waals surface area contributed by atoms with Crippen molar-refractivity contribution in [1.82, 2.24) is 4.90 Å². The van der Waals surface area contributed by atoms with E-state index in [0.717, 1.165) is 10.5 Å². The van der Waals surface area contributed by atoms with Crippen molar-refractivity contribution < 1.29 is 26.4 Å². The van der Waals surface area contributed by atoms with Gasteiger partial charge in [-0.3, -0.25) is 14.5 Å². The van der Waals surface area contributed by atoms with Gasteiger partial charge in [0, 0.05) is 21.3 Å².